The summed E-state index contributed by atoms with van der Waals surface area (Å²) in [6, 6.07) is 15.7. The van der Waals surface area contributed by atoms with Gasteiger partial charge in [0.25, 0.3) is 0 Å². The molecule has 0 spiro atoms. The molecular formula is C23H27N3O2. The molecule has 0 saturated carbocycles. The lowest BCUT2D eigenvalue weighted by Crippen LogP contribution is -2.35. The number of nitriles is 1. The highest BCUT2D eigenvalue weighted by atomic mass is 16.5. The number of ketones is 1. The Bertz CT molecular complexity index is 847. The van der Waals surface area contributed by atoms with Crippen LogP contribution in [0.4, 0.5) is 5.69 Å². The molecule has 0 bridgehead atoms. The van der Waals surface area contributed by atoms with Crippen LogP contribution in [-0.4, -0.2) is 37.4 Å². The normalized spacial score (nSPS) is 15.0. The summed E-state index contributed by atoms with van der Waals surface area (Å²) in [6.45, 7) is 5.47. The molecule has 2 aromatic rings. The molecule has 5 heteroatoms. The van der Waals surface area contributed by atoms with Gasteiger partial charge in [-0.25, -0.2) is 0 Å². The Hall–Kier alpha value is -2.84. The number of anilines is 1. The lowest BCUT2D eigenvalue weighted by Gasteiger charge is -2.32. The molecule has 3 rings (SSSR count). The van der Waals surface area contributed by atoms with E-state index in [1.807, 2.05) is 12.1 Å². The number of hydrogen-bond donors (Lipinski definition) is 1. The van der Waals surface area contributed by atoms with Crippen molar-refractivity contribution in [3.63, 3.8) is 0 Å². The lowest BCUT2D eigenvalue weighted by molar-refractivity contribution is 0.101. The van der Waals surface area contributed by atoms with Crippen molar-refractivity contribution < 1.29 is 9.53 Å². The van der Waals surface area contributed by atoms with E-state index in [4.69, 9.17) is 4.74 Å². The Morgan fingerprint density at radius 3 is 2.54 bits per heavy atom. The number of carbonyl (C=O) groups excluding carboxylic acids is 1. The zero-order valence-corrected chi connectivity index (χ0v) is 16.6. The van der Waals surface area contributed by atoms with Gasteiger partial charge in [-0.3, -0.25) is 9.69 Å². The highest BCUT2D eigenvalue weighted by Gasteiger charge is 2.19. The van der Waals surface area contributed by atoms with Gasteiger partial charge in [0.15, 0.2) is 5.78 Å². The molecule has 1 fully saturated rings. The minimum absolute atomic E-state index is 0.0133. The molecule has 0 amide bonds. The third-order valence-electron chi connectivity index (χ3n) is 5.40. The molecule has 1 aliphatic rings. The number of nitrogens with zero attached hydrogens (tertiary/aromatic N) is 2. The van der Waals surface area contributed by atoms with E-state index in [1.54, 1.807) is 32.2 Å². The summed E-state index contributed by atoms with van der Waals surface area (Å²) in [5.41, 5.74) is 3.28. The van der Waals surface area contributed by atoms with Gasteiger partial charge in [0.05, 0.1) is 18.4 Å². The average Bonchev–Trinajstić information content (AvgIpc) is 2.73. The number of methoxy groups -OCH3 is 1. The summed E-state index contributed by atoms with van der Waals surface area (Å²) < 4.78 is 5.21. The molecule has 1 saturated heterocycles. The zero-order valence-electron chi connectivity index (χ0n) is 16.6. The van der Waals surface area contributed by atoms with E-state index in [2.05, 4.69) is 28.4 Å². The van der Waals surface area contributed by atoms with Crippen molar-refractivity contribution >= 4 is 11.5 Å². The summed E-state index contributed by atoms with van der Waals surface area (Å²) in [7, 11) is 1.68. The van der Waals surface area contributed by atoms with Gasteiger partial charge in [-0.05, 0) is 74.7 Å². The third-order valence-corrected chi connectivity index (χ3v) is 5.40. The standard InChI is InChI=1S/C23H27N3O2/c1-17(27)20-5-6-21(14-24)23(13-20)25-15-18-9-11-26(12-10-18)16-19-3-7-22(28-2)8-4-19/h3-8,13,18,25H,9-12,15-16H2,1-2H3. The average molecular weight is 377 g/mol. The lowest BCUT2D eigenvalue weighted by atomic mass is 9.96. The molecule has 5 nitrogen and oxygen atoms in total. The van der Waals surface area contributed by atoms with Crippen molar-refractivity contribution in [1.29, 1.82) is 5.26 Å². The molecule has 1 N–H and O–H groups in total. The van der Waals surface area contributed by atoms with Crippen LogP contribution in [-0.2, 0) is 6.54 Å². The van der Waals surface area contributed by atoms with E-state index >= 15 is 0 Å². The number of hydrogen-bond acceptors (Lipinski definition) is 5. The van der Waals surface area contributed by atoms with Gasteiger partial charge in [-0.2, -0.15) is 5.26 Å². The van der Waals surface area contributed by atoms with Crippen LogP contribution in [0.25, 0.3) is 0 Å². The van der Waals surface area contributed by atoms with Crippen LogP contribution in [0.2, 0.25) is 0 Å². The minimum atomic E-state index is 0.0133. The van der Waals surface area contributed by atoms with E-state index in [0.29, 0.717) is 17.0 Å². The quantitative estimate of drug-likeness (QED) is 0.736. The van der Waals surface area contributed by atoms with Gasteiger partial charge in [0.2, 0.25) is 0 Å². The van der Waals surface area contributed by atoms with Gasteiger partial charge < -0.3 is 10.1 Å². The second kappa shape index (κ2) is 9.38. The molecule has 146 valence electrons. The van der Waals surface area contributed by atoms with Crippen molar-refractivity contribution in [2.75, 3.05) is 32.1 Å². The van der Waals surface area contributed by atoms with Gasteiger partial charge in [-0.1, -0.05) is 12.1 Å². The Balaban J connectivity index is 1.50. The van der Waals surface area contributed by atoms with Crippen molar-refractivity contribution in [1.82, 2.24) is 4.90 Å². The Morgan fingerprint density at radius 1 is 1.21 bits per heavy atom. The van der Waals surface area contributed by atoms with Gasteiger partial charge in [0.1, 0.15) is 11.8 Å². The van der Waals surface area contributed by atoms with Gasteiger partial charge >= 0.3 is 0 Å². The van der Waals surface area contributed by atoms with E-state index in [1.165, 1.54) is 5.56 Å². The van der Waals surface area contributed by atoms with Gasteiger partial charge in [0, 0.05) is 18.7 Å². The number of likely N-dealkylation sites (tertiary alicyclic amines) is 1. The highest BCUT2D eigenvalue weighted by molar-refractivity contribution is 5.95. The number of nitrogens with one attached hydrogen (secondary N) is 1. The van der Waals surface area contributed by atoms with Crippen LogP contribution in [0.5, 0.6) is 5.75 Å². The molecule has 0 atom stereocenters. The fraction of sp³-hybridized carbons (Fsp3) is 0.391. The van der Waals surface area contributed by atoms with Crippen molar-refractivity contribution in [3.8, 4) is 11.8 Å². The summed E-state index contributed by atoms with van der Waals surface area (Å²) >= 11 is 0. The number of carbonyl (C=O) groups is 1. The fourth-order valence-corrected chi connectivity index (χ4v) is 3.60. The van der Waals surface area contributed by atoms with E-state index in [0.717, 1.165) is 50.5 Å². The molecule has 0 radical (unpaired) electrons. The topological polar surface area (TPSA) is 65.4 Å². The summed E-state index contributed by atoms with van der Waals surface area (Å²) in [4.78, 5) is 14.1. The summed E-state index contributed by atoms with van der Waals surface area (Å²) in [5.74, 6) is 1.47. The van der Waals surface area contributed by atoms with E-state index in [9.17, 15) is 10.1 Å². The molecule has 0 aromatic heterocycles. The highest BCUT2D eigenvalue weighted by Crippen LogP contribution is 2.23. The number of ether oxygens (including phenoxy) is 1. The zero-order chi connectivity index (χ0) is 19.9. The fourth-order valence-electron chi connectivity index (χ4n) is 3.60. The number of Topliss-reactive ketones (excluding diaryl/α,β-unsaturated/α-hetero) is 1. The van der Waals surface area contributed by atoms with Crippen LogP contribution in [0, 0.1) is 17.2 Å². The first-order chi connectivity index (χ1) is 13.6. The first kappa shape index (κ1) is 19.9. The van der Waals surface area contributed by atoms with E-state index in [-0.39, 0.29) is 5.78 Å². The second-order valence-electron chi connectivity index (χ2n) is 7.38. The van der Waals surface area contributed by atoms with Crippen LogP contribution < -0.4 is 10.1 Å². The molecule has 2 aromatic carbocycles. The predicted molar refractivity (Wildman–Crippen MR) is 111 cm³/mol. The molecule has 1 aliphatic heterocycles. The summed E-state index contributed by atoms with van der Waals surface area (Å²) in [5, 5.41) is 12.7. The Labute approximate surface area is 166 Å². The maximum atomic E-state index is 11.6. The smallest absolute Gasteiger partial charge is 0.159 e. The van der Waals surface area contributed by atoms with Crippen LogP contribution >= 0.6 is 0 Å². The maximum Gasteiger partial charge on any atom is 0.159 e. The van der Waals surface area contributed by atoms with Crippen LogP contribution in [0.1, 0.15) is 41.3 Å². The molecule has 0 unspecified atom stereocenters. The Morgan fingerprint density at radius 2 is 1.93 bits per heavy atom. The number of rotatable bonds is 7. The first-order valence-electron chi connectivity index (χ1n) is 9.73. The van der Waals surface area contributed by atoms with Crippen LogP contribution in [0.3, 0.4) is 0 Å². The van der Waals surface area contributed by atoms with Crippen LogP contribution in [0.15, 0.2) is 42.5 Å². The first-order valence-corrected chi connectivity index (χ1v) is 9.73. The van der Waals surface area contributed by atoms with E-state index < -0.39 is 0 Å². The van der Waals surface area contributed by atoms with Crippen molar-refractivity contribution in [3.05, 3.63) is 59.2 Å². The third kappa shape index (κ3) is 5.11. The largest absolute Gasteiger partial charge is 0.497 e. The monoisotopic (exact) mass is 377 g/mol. The summed E-state index contributed by atoms with van der Waals surface area (Å²) in [6.07, 6.45) is 2.24. The molecule has 0 aliphatic carbocycles. The SMILES string of the molecule is COc1ccc(CN2CCC(CNc3cc(C(C)=O)ccc3C#N)CC2)cc1. The Kier molecular flexibility index (Phi) is 6.67. The molecule has 28 heavy (non-hydrogen) atoms. The minimum Gasteiger partial charge on any atom is -0.497 e. The van der Waals surface area contributed by atoms with Gasteiger partial charge in [-0.15, -0.1) is 0 Å². The molecular weight excluding hydrogens is 350 g/mol. The second-order valence-corrected chi connectivity index (χ2v) is 7.38. The maximum absolute atomic E-state index is 11.6. The predicted octanol–water partition coefficient (Wildman–Crippen LogP) is 4.09. The molecule has 1 heterocycles. The number of piperidine rings is 1. The number of benzene rings is 2. The van der Waals surface area contributed by atoms with Crippen molar-refractivity contribution in [2.45, 2.75) is 26.3 Å². The van der Waals surface area contributed by atoms with Crippen molar-refractivity contribution in [2.24, 2.45) is 5.92 Å².